The van der Waals surface area contributed by atoms with Gasteiger partial charge in [-0.3, -0.25) is 0 Å². The molecule has 0 aromatic rings. The number of amides is 2. The minimum absolute atomic E-state index is 0.0738. The Labute approximate surface area is 135 Å². The molecule has 0 spiro atoms. The van der Waals surface area contributed by atoms with Crippen LogP contribution < -0.4 is 16.0 Å². The van der Waals surface area contributed by atoms with Crippen LogP contribution in [0, 0.1) is 0 Å². The molecule has 0 saturated carbocycles. The molecule has 1 aliphatic heterocycles. The Balaban J connectivity index is 1.88. The van der Waals surface area contributed by atoms with Gasteiger partial charge in [0, 0.05) is 26.7 Å². The molecule has 5 nitrogen and oxygen atoms in total. The van der Waals surface area contributed by atoms with E-state index in [1.807, 2.05) is 0 Å². The zero-order chi connectivity index (χ0) is 16.0. The van der Waals surface area contributed by atoms with Gasteiger partial charge in [0.1, 0.15) is 0 Å². The highest BCUT2D eigenvalue weighted by atomic mass is 16.5. The van der Waals surface area contributed by atoms with Crippen molar-refractivity contribution in [1.82, 2.24) is 16.0 Å². The summed E-state index contributed by atoms with van der Waals surface area (Å²) in [5.41, 5.74) is 0. The predicted octanol–water partition coefficient (Wildman–Crippen LogP) is 2.80. The lowest BCUT2D eigenvalue weighted by Gasteiger charge is -2.18. The Kier molecular flexibility index (Phi) is 11.1. The van der Waals surface area contributed by atoms with E-state index in [0.29, 0.717) is 0 Å². The van der Waals surface area contributed by atoms with Gasteiger partial charge in [-0.25, -0.2) is 4.79 Å². The van der Waals surface area contributed by atoms with Gasteiger partial charge in [0.25, 0.3) is 0 Å². The second-order valence-corrected chi connectivity index (χ2v) is 6.27. The van der Waals surface area contributed by atoms with Crippen LogP contribution in [0.4, 0.5) is 4.79 Å². The summed E-state index contributed by atoms with van der Waals surface area (Å²) in [5, 5.41) is 9.13. The number of hydrogen-bond donors (Lipinski definition) is 3. The Hall–Kier alpha value is -0.810. The summed E-state index contributed by atoms with van der Waals surface area (Å²) >= 11 is 0. The minimum atomic E-state index is -0.0738. The number of urea groups is 1. The maximum Gasteiger partial charge on any atom is 0.315 e. The van der Waals surface area contributed by atoms with Crippen LogP contribution in [0.1, 0.15) is 64.7 Å². The molecule has 1 aliphatic rings. The molecule has 1 fully saturated rings. The predicted molar refractivity (Wildman–Crippen MR) is 91.2 cm³/mol. The standard InChI is InChI=1S/C17H35N3O2/c1-3-4-5-6-7-8-9-10-11-12-19-17(21)20-15-13-18-14-16(15)22-2/h15-16,18H,3-14H2,1-2H3,(H2,19,20,21)/t15-,16-/m0/s1. The highest BCUT2D eigenvalue weighted by Crippen LogP contribution is 2.09. The van der Waals surface area contributed by atoms with Crippen molar-refractivity contribution in [2.75, 3.05) is 26.7 Å². The van der Waals surface area contributed by atoms with Gasteiger partial charge in [0.2, 0.25) is 0 Å². The van der Waals surface area contributed by atoms with E-state index in [9.17, 15) is 4.79 Å². The van der Waals surface area contributed by atoms with Gasteiger partial charge in [-0.15, -0.1) is 0 Å². The summed E-state index contributed by atoms with van der Waals surface area (Å²) in [4.78, 5) is 11.8. The first-order valence-corrected chi connectivity index (χ1v) is 9.05. The van der Waals surface area contributed by atoms with Crippen molar-refractivity contribution in [2.45, 2.75) is 76.9 Å². The van der Waals surface area contributed by atoms with E-state index >= 15 is 0 Å². The minimum Gasteiger partial charge on any atom is -0.378 e. The van der Waals surface area contributed by atoms with Crippen LogP contribution in [-0.2, 0) is 4.74 Å². The summed E-state index contributed by atoms with van der Waals surface area (Å²) in [6.45, 7) is 4.60. The van der Waals surface area contributed by atoms with Gasteiger partial charge >= 0.3 is 6.03 Å². The van der Waals surface area contributed by atoms with Crippen LogP contribution >= 0.6 is 0 Å². The SMILES string of the molecule is CCCCCCCCCCCNC(=O)N[C@H]1CNC[C@@H]1OC. The Morgan fingerprint density at radius 2 is 1.68 bits per heavy atom. The third-order valence-electron chi connectivity index (χ3n) is 4.34. The highest BCUT2D eigenvalue weighted by Gasteiger charge is 2.27. The van der Waals surface area contributed by atoms with Crippen molar-refractivity contribution in [3.63, 3.8) is 0 Å². The Morgan fingerprint density at radius 1 is 1.05 bits per heavy atom. The Morgan fingerprint density at radius 3 is 2.32 bits per heavy atom. The number of ether oxygens (including phenoxy) is 1. The lowest BCUT2D eigenvalue weighted by molar-refractivity contribution is 0.0984. The van der Waals surface area contributed by atoms with Crippen LogP contribution in [0.5, 0.6) is 0 Å². The molecule has 1 heterocycles. The smallest absolute Gasteiger partial charge is 0.315 e. The molecular weight excluding hydrogens is 278 g/mol. The monoisotopic (exact) mass is 313 g/mol. The molecule has 22 heavy (non-hydrogen) atoms. The third-order valence-corrected chi connectivity index (χ3v) is 4.34. The van der Waals surface area contributed by atoms with E-state index in [2.05, 4.69) is 22.9 Å². The number of carbonyl (C=O) groups is 1. The second-order valence-electron chi connectivity index (χ2n) is 6.27. The molecule has 0 aliphatic carbocycles. The number of methoxy groups -OCH3 is 1. The highest BCUT2D eigenvalue weighted by molar-refractivity contribution is 5.74. The fourth-order valence-corrected chi connectivity index (χ4v) is 2.90. The third kappa shape index (κ3) is 8.59. The number of rotatable bonds is 12. The Bertz CT molecular complexity index is 287. The summed E-state index contributed by atoms with van der Waals surface area (Å²) in [6.07, 6.45) is 11.8. The fraction of sp³-hybridized carbons (Fsp3) is 0.941. The average molecular weight is 313 g/mol. The van der Waals surface area contributed by atoms with Crippen molar-refractivity contribution >= 4 is 6.03 Å². The summed E-state index contributed by atoms with van der Waals surface area (Å²) in [5.74, 6) is 0. The first-order chi connectivity index (χ1) is 10.8. The molecule has 5 heteroatoms. The number of carbonyl (C=O) groups excluding carboxylic acids is 1. The molecular formula is C17H35N3O2. The van der Waals surface area contributed by atoms with E-state index in [4.69, 9.17) is 4.74 Å². The maximum atomic E-state index is 11.8. The maximum absolute atomic E-state index is 11.8. The molecule has 130 valence electrons. The van der Waals surface area contributed by atoms with Crippen molar-refractivity contribution in [3.8, 4) is 0 Å². The molecule has 1 saturated heterocycles. The summed E-state index contributed by atoms with van der Waals surface area (Å²) in [7, 11) is 1.69. The fourth-order valence-electron chi connectivity index (χ4n) is 2.90. The normalized spacial score (nSPS) is 21.0. The lowest BCUT2D eigenvalue weighted by atomic mass is 10.1. The van der Waals surface area contributed by atoms with Gasteiger partial charge in [0.05, 0.1) is 12.1 Å². The van der Waals surface area contributed by atoms with E-state index in [1.165, 1.54) is 51.4 Å². The number of hydrogen-bond acceptors (Lipinski definition) is 3. The molecule has 3 N–H and O–H groups in total. The van der Waals surface area contributed by atoms with Crippen molar-refractivity contribution in [1.29, 1.82) is 0 Å². The van der Waals surface area contributed by atoms with Crippen LogP contribution in [-0.4, -0.2) is 44.9 Å². The molecule has 1 rings (SSSR count). The zero-order valence-corrected chi connectivity index (χ0v) is 14.5. The number of unbranched alkanes of at least 4 members (excludes halogenated alkanes) is 8. The van der Waals surface area contributed by atoms with Crippen LogP contribution in [0.2, 0.25) is 0 Å². The van der Waals surface area contributed by atoms with Gasteiger partial charge in [-0.2, -0.15) is 0 Å². The molecule has 0 bridgehead atoms. The van der Waals surface area contributed by atoms with Crippen LogP contribution in [0.15, 0.2) is 0 Å². The van der Waals surface area contributed by atoms with E-state index in [-0.39, 0.29) is 18.2 Å². The van der Waals surface area contributed by atoms with Crippen molar-refractivity contribution < 1.29 is 9.53 Å². The summed E-state index contributed by atoms with van der Waals surface area (Å²) in [6, 6.07) is 0.00318. The largest absolute Gasteiger partial charge is 0.378 e. The van der Waals surface area contributed by atoms with Gasteiger partial charge in [0.15, 0.2) is 0 Å². The topological polar surface area (TPSA) is 62.4 Å². The lowest BCUT2D eigenvalue weighted by Crippen LogP contribution is -2.48. The quantitative estimate of drug-likeness (QED) is 0.486. The first kappa shape index (κ1) is 19.2. The molecule has 2 atom stereocenters. The number of nitrogens with one attached hydrogen (secondary N) is 3. The van der Waals surface area contributed by atoms with E-state index in [1.54, 1.807) is 7.11 Å². The second kappa shape index (κ2) is 12.7. The van der Waals surface area contributed by atoms with Gasteiger partial charge in [-0.1, -0.05) is 58.3 Å². The summed E-state index contributed by atoms with van der Waals surface area (Å²) < 4.78 is 5.32. The molecule has 0 aromatic carbocycles. The van der Waals surface area contributed by atoms with Gasteiger partial charge in [-0.05, 0) is 6.42 Å². The molecule has 0 unspecified atom stereocenters. The van der Waals surface area contributed by atoms with Crippen LogP contribution in [0.3, 0.4) is 0 Å². The van der Waals surface area contributed by atoms with E-state index in [0.717, 1.165) is 26.1 Å². The van der Waals surface area contributed by atoms with Crippen LogP contribution in [0.25, 0.3) is 0 Å². The van der Waals surface area contributed by atoms with Crippen molar-refractivity contribution in [2.24, 2.45) is 0 Å². The molecule has 2 amide bonds. The first-order valence-electron chi connectivity index (χ1n) is 9.05. The molecule has 0 radical (unpaired) electrons. The van der Waals surface area contributed by atoms with Crippen molar-refractivity contribution in [3.05, 3.63) is 0 Å². The van der Waals surface area contributed by atoms with Gasteiger partial charge < -0.3 is 20.7 Å². The average Bonchev–Trinajstić information content (AvgIpc) is 2.96. The van der Waals surface area contributed by atoms with E-state index < -0.39 is 0 Å². The zero-order valence-electron chi connectivity index (χ0n) is 14.5. The molecule has 0 aromatic heterocycles.